The summed E-state index contributed by atoms with van der Waals surface area (Å²) < 4.78 is 39.0. The van der Waals surface area contributed by atoms with Gasteiger partial charge in [0.25, 0.3) is 0 Å². The predicted octanol–water partition coefficient (Wildman–Crippen LogP) is 9.29. The number of carbonyl (C=O) groups excluding carboxylic acids is 1. The quantitative estimate of drug-likeness (QED) is 0.115. The van der Waals surface area contributed by atoms with E-state index in [1.165, 1.54) is 29.8 Å². The lowest BCUT2D eigenvalue weighted by molar-refractivity contribution is -0.151. The van der Waals surface area contributed by atoms with Crippen molar-refractivity contribution in [1.29, 1.82) is 0 Å². The zero-order chi connectivity index (χ0) is 45.7. The van der Waals surface area contributed by atoms with Crippen molar-refractivity contribution in [2.75, 3.05) is 60.0 Å². The van der Waals surface area contributed by atoms with Crippen LogP contribution < -0.4 is 14.2 Å². The highest BCUT2D eigenvalue weighted by atomic mass is 35.5. The molecule has 3 aromatic heterocycles. The molecule has 4 aromatic carbocycles. The molecule has 1 fully saturated rings. The van der Waals surface area contributed by atoms with E-state index in [9.17, 15) is 9.18 Å². The SMILES string of the molecule is CCOC(=O)[C@H]1Cc2cc(ccc2OCc2ccnc(-c3ccccc3OC)n2)CN(CCN2CCN(C)CC2)Cc2ccc(c(C)c2Cl)-c2c(-c3ccc(F)cc3)sc3ncnc(c23)O1. The molecule has 0 radical (unpaired) electrons. The molecule has 1 atom stereocenters. The number of carbonyl (C=O) groups is 1. The molecule has 66 heavy (non-hydrogen) atoms. The molecule has 7 aromatic rings. The molecule has 10 rings (SSSR count). The number of ether oxygens (including phenoxy) is 4. The molecule has 0 saturated carbocycles. The van der Waals surface area contributed by atoms with Crippen molar-refractivity contribution in [3.05, 3.63) is 136 Å². The molecule has 0 aliphatic carbocycles. The van der Waals surface area contributed by atoms with Gasteiger partial charge >= 0.3 is 5.97 Å². The average molecular weight is 929 g/mol. The molecule has 6 heterocycles. The fourth-order valence-electron chi connectivity index (χ4n) is 8.62. The smallest absolute Gasteiger partial charge is 0.347 e. The van der Waals surface area contributed by atoms with E-state index in [0.29, 0.717) is 51.3 Å². The van der Waals surface area contributed by atoms with Gasteiger partial charge in [-0.3, -0.25) is 9.80 Å². The zero-order valence-corrected chi connectivity index (χ0v) is 39.0. The van der Waals surface area contributed by atoms with Crippen molar-refractivity contribution in [1.82, 2.24) is 34.6 Å². The average Bonchev–Trinajstić information content (AvgIpc) is 3.72. The first-order chi connectivity index (χ1) is 32.1. The molecular weight excluding hydrogens is 877 g/mol. The number of fused-ring (bicyclic) bond motifs is 6. The number of thiophene rings is 1. The Morgan fingerprint density at radius 3 is 2.50 bits per heavy atom. The standard InChI is InChI=1S/C51H51ClFN7O5S/c1-5-63-51(61)43-27-36-26-33(10-17-41(36)64-30-38-18-19-54-48(57-38)40-8-6-7-9-42(40)62-4)28-60(25-24-59-22-20-58(3)21-23-59)29-35-13-16-39(32(2)46(35)52)44-45-49(65-43)55-31-56-50(45)66-47(44)34-11-14-37(53)15-12-34/h6-19,26,31,43H,5,20-25,27-30H2,1-4H3/t43-/m1/s1. The number of para-hydroxylation sites is 1. The summed E-state index contributed by atoms with van der Waals surface area (Å²) in [7, 11) is 3.79. The Bertz CT molecular complexity index is 2860. The number of halogens is 2. The van der Waals surface area contributed by atoms with Gasteiger partial charge in [0.2, 0.25) is 12.0 Å². The molecule has 340 valence electrons. The van der Waals surface area contributed by atoms with Gasteiger partial charge < -0.3 is 23.8 Å². The topological polar surface area (TPSA) is 115 Å². The van der Waals surface area contributed by atoms with E-state index in [0.717, 1.165) is 88.7 Å². The van der Waals surface area contributed by atoms with Gasteiger partial charge in [0.05, 0.1) is 30.4 Å². The highest BCUT2D eigenvalue weighted by Gasteiger charge is 2.30. The lowest BCUT2D eigenvalue weighted by Gasteiger charge is -2.34. The van der Waals surface area contributed by atoms with Gasteiger partial charge in [-0.15, -0.1) is 11.3 Å². The molecule has 0 spiro atoms. The fourth-order valence-corrected chi connectivity index (χ4v) is 10.00. The third kappa shape index (κ3) is 9.88. The molecule has 0 N–H and O–H groups in total. The van der Waals surface area contributed by atoms with Gasteiger partial charge in [-0.25, -0.2) is 29.1 Å². The second-order valence-electron chi connectivity index (χ2n) is 16.6. The molecule has 12 nitrogen and oxygen atoms in total. The van der Waals surface area contributed by atoms with Crippen LogP contribution in [0.3, 0.4) is 0 Å². The number of hydrogen-bond donors (Lipinski definition) is 0. The molecule has 3 aliphatic heterocycles. The number of esters is 1. The van der Waals surface area contributed by atoms with Crippen LogP contribution in [-0.2, 0) is 35.6 Å². The minimum Gasteiger partial charge on any atom is -0.496 e. The van der Waals surface area contributed by atoms with E-state index in [2.05, 4.69) is 56.0 Å². The monoisotopic (exact) mass is 927 g/mol. The summed E-state index contributed by atoms with van der Waals surface area (Å²) in [6.07, 6.45) is 2.11. The van der Waals surface area contributed by atoms with Crippen molar-refractivity contribution in [3.63, 3.8) is 0 Å². The number of hydrogen-bond acceptors (Lipinski definition) is 13. The Morgan fingerprint density at radius 2 is 1.70 bits per heavy atom. The third-order valence-electron chi connectivity index (χ3n) is 12.2. The highest BCUT2D eigenvalue weighted by molar-refractivity contribution is 7.22. The normalized spacial score (nSPS) is 16.0. The molecule has 15 heteroatoms. The zero-order valence-electron chi connectivity index (χ0n) is 37.4. The Hall–Kier alpha value is -6.03. The van der Waals surface area contributed by atoms with Gasteiger partial charge in [-0.2, -0.15) is 0 Å². The lowest BCUT2D eigenvalue weighted by atomic mass is 9.94. The molecular formula is C51H51ClFN7O5S. The van der Waals surface area contributed by atoms with Crippen molar-refractivity contribution in [2.45, 2.75) is 46.1 Å². The molecule has 0 amide bonds. The lowest BCUT2D eigenvalue weighted by Crippen LogP contribution is -2.46. The largest absolute Gasteiger partial charge is 0.496 e. The Kier molecular flexibility index (Phi) is 13.8. The minimum atomic E-state index is -1.13. The maximum atomic E-state index is 14.3. The summed E-state index contributed by atoms with van der Waals surface area (Å²) in [6.45, 7) is 11.0. The van der Waals surface area contributed by atoms with Crippen molar-refractivity contribution < 1.29 is 28.1 Å². The first kappa shape index (κ1) is 45.1. The van der Waals surface area contributed by atoms with Crippen molar-refractivity contribution >= 4 is 39.1 Å². The van der Waals surface area contributed by atoms with E-state index in [1.807, 2.05) is 43.3 Å². The Morgan fingerprint density at radius 1 is 0.894 bits per heavy atom. The molecule has 1 saturated heterocycles. The Labute approximate surface area is 392 Å². The predicted molar refractivity (Wildman–Crippen MR) is 256 cm³/mol. The summed E-state index contributed by atoms with van der Waals surface area (Å²) in [5.74, 6) is 1.07. The fraction of sp³-hybridized carbons (Fsp3) is 0.314. The number of methoxy groups -OCH3 is 1. The number of benzene rings is 4. The summed E-state index contributed by atoms with van der Waals surface area (Å²) in [6, 6.07) is 26.1. The molecule has 0 unspecified atom stereocenters. The van der Waals surface area contributed by atoms with Crippen LogP contribution in [0.4, 0.5) is 4.39 Å². The van der Waals surface area contributed by atoms with Crippen LogP contribution in [-0.4, -0.2) is 107 Å². The first-order valence-corrected chi connectivity index (χ1v) is 23.3. The first-order valence-electron chi connectivity index (χ1n) is 22.1. The van der Waals surface area contributed by atoms with Gasteiger partial charge in [0.1, 0.15) is 35.1 Å². The molecule has 3 aliphatic rings. The van der Waals surface area contributed by atoms with Crippen LogP contribution in [0.25, 0.3) is 43.2 Å². The summed E-state index contributed by atoms with van der Waals surface area (Å²) >= 11 is 8.87. The number of likely N-dealkylation sites (N-methyl/N-ethyl adjacent to an activating group) is 1. The minimum absolute atomic E-state index is 0.105. The second kappa shape index (κ2) is 20.2. The van der Waals surface area contributed by atoms with Gasteiger partial charge in [0, 0.05) is 80.4 Å². The van der Waals surface area contributed by atoms with Crippen molar-refractivity contribution in [3.8, 4) is 50.3 Å². The van der Waals surface area contributed by atoms with Crippen molar-refractivity contribution in [2.24, 2.45) is 0 Å². The summed E-state index contributed by atoms with van der Waals surface area (Å²) in [4.78, 5) is 41.6. The van der Waals surface area contributed by atoms with Crippen LogP contribution in [0.5, 0.6) is 17.4 Å². The Balaban J connectivity index is 1.15. The summed E-state index contributed by atoms with van der Waals surface area (Å²) in [5, 5.41) is 1.27. The van der Waals surface area contributed by atoms with Crippen LogP contribution in [0, 0.1) is 12.7 Å². The number of nitrogens with zero attached hydrogens (tertiary/aromatic N) is 7. The summed E-state index contributed by atoms with van der Waals surface area (Å²) in [5.41, 5.74) is 7.52. The number of aromatic nitrogens is 4. The van der Waals surface area contributed by atoms with Crippen LogP contribution in [0.2, 0.25) is 5.02 Å². The maximum absolute atomic E-state index is 14.3. The van der Waals surface area contributed by atoms with E-state index in [4.69, 9.17) is 40.5 Å². The van der Waals surface area contributed by atoms with E-state index in [1.54, 1.807) is 32.4 Å². The van der Waals surface area contributed by atoms with Crippen LogP contribution >= 0.6 is 22.9 Å². The van der Waals surface area contributed by atoms with E-state index >= 15 is 0 Å². The van der Waals surface area contributed by atoms with E-state index in [-0.39, 0.29) is 31.3 Å². The highest BCUT2D eigenvalue weighted by Crippen LogP contribution is 2.49. The van der Waals surface area contributed by atoms with Gasteiger partial charge in [-0.1, -0.05) is 60.1 Å². The molecule has 4 bridgehead atoms. The maximum Gasteiger partial charge on any atom is 0.347 e. The van der Waals surface area contributed by atoms with Gasteiger partial charge in [0.15, 0.2) is 5.82 Å². The van der Waals surface area contributed by atoms with Crippen LogP contribution in [0.1, 0.15) is 34.9 Å². The number of rotatable bonds is 11. The second-order valence-corrected chi connectivity index (χ2v) is 18.0. The third-order valence-corrected chi connectivity index (χ3v) is 13.9. The van der Waals surface area contributed by atoms with Gasteiger partial charge in [-0.05, 0) is 90.7 Å². The van der Waals surface area contributed by atoms with Crippen LogP contribution in [0.15, 0.2) is 97.5 Å². The van der Waals surface area contributed by atoms with E-state index < -0.39 is 12.1 Å². The number of piperazine rings is 1.